The predicted molar refractivity (Wildman–Crippen MR) is 91.0 cm³/mol. The SMILES string of the molecule is CC(=O)OC(CNc1ccccc1)COc1ccc(Cl)cc1.O. The average molecular weight is 338 g/mol. The number of ether oxygens (including phenoxy) is 2. The first kappa shape index (κ1) is 18.8. The van der Waals surface area contributed by atoms with Crippen LogP contribution in [0.15, 0.2) is 54.6 Å². The van der Waals surface area contributed by atoms with E-state index in [1.54, 1.807) is 24.3 Å². The molecule has 1 atom stereocenters. The molecule has 0 aromatic heterocycles. The fourth-order valence-electron chi connectivity index (χ4n) is 1.88. The average Bonchev–Trinajstić information content (AvgIpc) is 2.52. The normalized spacial score (nSPS) is 11.0. The van der Waals surface area contributed by atoms with Crippen LogP contribution < -0.4 is 10.1 Å². The van der Waals surface area contributed by atoms with Gasteiger partial charge in [-0.2, -0.15) is 0 Å². The van der Waals surface area contributed by atoms with Gasteiger partial charge in [-0.05, 0) is 36.4 Å². The van der Waals surface area contributed by atoms with Crippen LogP contribution in [0.2, 0.25) is 5.02 Å². The smallest absolute Gasteiger partial charge is 0.303 e. The molecule has 0 saturated carbocycles. The molecule has 124 valence electrons. The first-order valence-corrected chi connectivity index (χ1v) is 7.36. The van der Waals surface area contributed by atoms with Gasteiger partial charge < -0.3 is 20.3 Å². The molecule has 0 aliphatic heterocycles. The number of halogens is 1. The van der Waals surface area contributed by atoms with Gasteiger partial charge in [0, 0.05) is 17.6 Å². The number of para-hydroxylation sites is 1. The van der Waals surface area contributed by atoms with Gasteiger partial charge >= 0.3 is 5.97 Å². The van der Waals surface area contributed by atoms with Gasteiger partial charge in [0.15, 0.2) is 6.10 Å². The lowest BCUT2D eigenvalue weighted by Crippen LogP contribution is -2.31. The Balaban J connectivity index is 0.00000264. The number of esters is 1. The van der Waals surface area contributed by atoms with E-state index < -0.39 is 0 Å². The van der Waals surface area contributed by atoms with Crippen molar-refractivity contribution in [1.29, 1.82) is 0 Å². The van der Waals surface area contributed by atoms with Gasteiger partial charge in [-0.1, -0.05) is 29.8 Å². The van der Waals surface area contributed by atoms with Gasteiger partial charge in [0.05, 0.1) is 6.54 Å². The van der Waals surface area contributed by atoms with Crippen LogP contribution in [0, 0.1) is 0 Å². The van der Waals surface area contributed by atoms with E-state index in [0.717, 1.165) is 5.69 Å². The van der Waals surface area contributed by atoms with Crippen LogP contribution in [0.3, 0.4) is 0 Å². The minimum absolute atomic E-state index is 0. The molecule has 0 spiro atoms. The van der Waals surface area contributed by atoms with E-state index in [2.05, 4.69) is 5.32 Å². The highest BCUT2D eigenvalue weighted by atomic mass is 35.5. The molecule has 5 nitrogen and oxygen atoms in total. The van der Waals surface area contributed by atoms with Crippen molar-refractivity contribution in [2.75, 3.05) is 18.5 Å². The number of anilines is 1. The van der Waals surface area contributed by atoms with Gasteiger partial charge in [-0.25, -0.2) is 0 Å². The Kier molecular flexibility index (Phi) is 7.94. The van der Waals surface area contributed by atoms with Gasteiger partial charge in [0.2, 0.25) is 0 Å². The molecule has 23 heavy (non-hydrogen) atoms. The van der Waals surface area contributed by atoms with E-state index in [1.165, 1.54) is 6.92 Å². The summed E-state index contributed by atoms with van der Waals surface area (Å²) < 4.78 is 10.9. The van der Waals surface area contributed by atoms with Crippen LogP contribution in [-0.4, -0.2) is 30.7 Å². The van der Waals surface area contributed by atoms with Gasteiger partial charge in [-0.3, -0.25) is 4.79 Å². The zero-order valence-corrected chi connectivity index (χ0v) is 13.5. The third-order valence-electron chi connectivity index (χ3n) is 2.89. The molecule has 2 rings (SSSR count). The van der Waals surface area contributed by atoms with E-state index in [9.17, 15) is 4.79 Å². The second-order valence-electron chi connectivity index (χ2n) is 4.74. The molecule has 0 aliphatic rings. The second-order valence-corrected chi connectivity index (χ2v) is 5.18. The molecule has 2 aromatic carbocycles. The second kappa shape index (κ2) is 9.71. The van der Waals surface area contributed by atoms with Crippen LogP contribution in [0.1, 0.15) is 6.92 Å². The third-order valence-corrected chi connectivity index (χ3v) is 3.14. The molecule has 0 bridgehead atoms. The van der Waals surface area contributed by atoms with Crippen LogP contribution in [0.25, 0.3) is 0 Å². The van der Waals surface area contributed by atoms with Crippen LogP contribution in [0.5, 0.6) is 5.75 Å². The van der Waals surface area contributed by atoms with Crippen molar-refractivity contribution in [2.45, 2.75) is 13.0 Å². The summed E-state index contributed by atoms with van der Waals surface area (Å²) in [4.78, 5) is 11.2. The number of rotatable bonds is 7. The Hall–Kier alpha value is -2.24. The quantitative estimate of drug-likeness (QED) is 0.788. The summed E-state index contributed by atoms with van der Waals surface area (Å²) in [7, 11) is 0. The zero-order valence-electron chi connectivity index (χ0n) is 12.8. The number of nitrogens with one attached hydrogen (secondary N) is 1. The van der Waals surface area contributed by atoms with Crippen LogP contribution in [0.4, 0.5) is 5.69 Å². The van der Waals surface area contributed by atoms with E-state index in [4.69, 9.17) is 21.1 Å². The highest BCUT2D eigenvalue weighted by molar-refractivity contribution is 6.30. The summed E-state index contributed by atoms with van der Waals surface area (Å²) in [6.07, 6.45) is -0.381. The standard InChI is InChI=1S/C17H18ClNO3.H2O/c1-13(20)22-17(11-19-15-5-3-2-4-6-15)12-21-16-9-7-14(18)8-10-16;/h2-10,17,19H,11-12H2,1H3;1H2. The lowest BCUT2D eigenvalue weighted by molar-refractivity contribution is -0.147. The first-order valence-electron chi connectivity index (χ1n) is 6.98. The highest BCUT2D eigenvalue weighted by Crippen LogP contribution is 2.16. The fourth-order valence-corrected chi connectivity index (χ4v) is 2.00. The minimum atomic E-state index is -0.381. The molecule has 3 N–H and O–H groups in total. The number of hydrogen-bond acceptors (Lipinski definition) is 4. The molecular formula is C17H20ClNO4. The predicted octanol–water partition coefficient (Wildman–Crippen LogP) is 2.94. The van der Waals surface area contributed by atoms with Crippen molar-refractivity contribution in [2.24, 2.45) is 0 Å². The number of benzene rings is 2. The molecule has 6 heteroatoms. The van der Waals surface area contributed by atoms with E-state index >= 15 is 0 Å². The van der Waals surface area contributed by atoms with Crippen LogP contribution >= 0.6 is 11.6 Å². The molecular weight excluding hydrogens is 318 g/mol. The molecule has 0 heterocycles. The number of carbonyl (C=O) groups excluding carboxylic acids is 1. The lowest BCUT2D eigenvalue weighted by atomic mass is 10.3. The van der Waals surface area contributed by atoms with Crippen LogP contribution in [-0.2, 0) is 9.53 Å². The summed E-state index contributed by atoms with van der Waals surface area (Å²) in [5.41, 5.74) is 0.964. The van der Waals surface area contributed by atoms with Crippen molar-refractivity contribution in [3.63, 3.8) is 0 Å². The lowest BCUT2D eigenvalue weighted by Gasteiger charge is -2.19. The maximum atomic E-state index is 11.2. The van der Waals surface area contributed by atoms with Crippen molar-refractivity contribution in [1.82, 2.24) is 0 Å². The van der Waals surface area contributed by atoms with Crippen molar-refractivity contribution >= 4 is 23.3 Å². The van der Waals surface area contributed by atoms with E-state index in [-0.39, 0.29) is 24.2 Å². The van der Waals surface area contributed by atoms with E-state index in [0.29, 0.717) is 17.3 Å². The topological polar surface area (TPSA) is 79.1 Å². The molecule has 0 fully saturated rings. The molecule has 1 unspecified atom stereocenters. The van der Waals surface area contributed by atoms with Crippen molar-refractivity contribution in [3.05, 3.63) is 59.6 Å². The first-order chi connectivity index (χ1) is 10.6. The van der Waals surface area contributed by atoms with Crippen molar-refractivity contribution < 1.29 is 19.7 Å². The number of hydrogen-bond donors (Lipinski definition) is 1. The van der Waals surface area contributed by atoms with E-state index in [1.807, 2.05) is 30.3 Å². The Labute approximate surface area is 140 Å². The molecule has 0 amide bonds. The monoisotopic (exact) mass is 337 g/mol. The molecule has 0 aliphatic carbocycles. The minimum Gasteiger partial charge on any atom is -0.490 e. The molecule has 2 aromatic rings. The van der Waals surface area contributed by atoms with Gasteiger partial charge in [0.25, 0.3) is 0 Å². The van der Waals surface area contributed by atoms with Crippen molar-refractivity contribution in [3.8, 4) is 5.75 Å². The molecule has 0 radical (unpaired) electrons. The Bertz CT molecular complexity index is 589. The van der Waals surface area contributed by atoms with Gasteiger partial charge in [-0.15, -0.1) is 0 Å². The highest BCUT2D eigenvalue weighted by Gasteiger charge is 2.13. The Morgan fingerprint density at radius 2 is 1.78 bits per heavy atom. The Morgan fingerprint density at radius 1 is 1.13 bits per heavy atom. The summed E-state index contributed by atoms with van der Waals surface area (Å²) >= 11 is 5.83. The summed E-state index contributed by atoms with van der Waals surface area (Å²) in [6, 6.07) is 16.8. The maximum Gasteiger partial charge on any atom is 0.303 e. The zero-order chi connectivity index (χ0) is 15.8. The summed E-state index contributed by atoms with van der Waals surface area (Å²) in [6.45, 7) is 2.12. The Morgan fingerprint density at radius 3 is 2.39 bits per heavy atom. The summed E-state index contributed by atoms with van der Waals surface area (Å²) in [5.74, 6) is 0.348. The fraction of sp³-hybridized carbons (Fsp3) is 0.235. The third kappa shape index (κ3) is 7.04. The number of carbonyl (C=O) groups is 1. The summed E-state index contributed by atoms with van der Waals surface area (Å²) in [5, 5.41) is 3.86. The maximum absolute atomic E-state index is 11.2. The van der Waals surface area contributed by atoms with Gasteiger partial charge in [0.1, 0.15) is 12.4 Å². The largest absolute Gasteiger partial charge is 0.490 e. The molecule has 0 saturated heterocycles.